The van der Waals surface area contributed by atoms with Crippen LogP contribution in [0.5, 0.6) is 0 Å². The van der Waals surface area contributed by atoms with Gasteiger partial charge in [0.05, 0.1) is 5.41 Å². The summed E-state index contributed by atoms with van der Waals surface area (Å²) >= 11 is 5.90. The molecule has 1 unspecified atom stereocenters. The second-order valence-corrected chi connectivity index (χ2v) is 6.61. The molecular weight excluding hydrogens is 304 g/mol. The topological polar surface area (TPSA) is 69.6 Å². The third kappa shape index (κ3) is 2.96. The van der Waals surface area contributed by atoms with Crippen molar-refractivity contribution >= 4 is 23.4 Å². The SMILES string of the molecule is CC(C)C(C(=O)NO)N(C)C(=O)C1(c2ccc(Cl)cc2)CC1. The Labute approximate surface area is 135 Å². The Kier molecular flexibility index (Phi) is 4.78. The zero-order chi connectivity index (χ0) is 16.5. The Morgan fingerprint density at radius 3 is 2.23 bits per heavy atom. The lowest BCUT2D eigenvalue weighted by molar-refractivity contribution is -0.146. The molecule has 22 heavy (non-hydrogen) atoms. The Bertz CT molecular complexity index is 567. The van der Waals surface area contributed by atoms with Gasteiger partial charge < -0.3 is 4.90 Å². The van der Waals surface area contributed by atoms with Gasteiger partial charge in [-0.15, -0.1) is 0 Å². The third-order valence-corrected chi connectivity index (χ3v) is 4.56. The smallest absolute Gasteiger partial charge is 0.266 e. The molecule has 1 aromatic carbocycles. The maximum Gasteiger partial charge on any atom is 0.266 e. The average molecular weight is 325 g/mol. The van der Waals surface area contributed by atoms with E-state index >= 15 is 0 Å². The van der Waals surface area contributed by atoms with E-state index < -0.39 is 17.4 Å². The number of halogens is 1. The van der Waals surface area contributed by atoms with Crippen LogP contribution in [-0.4, -0.2) is 35.0 Å². The Morgan fingerprint density at radius 2 is 1.82 bits per heavy atom. The molecule has 1 fully saturated rings. The van der Waals surface area contributed by atoms with Gasteiger partial charge in [0, 0.05) is 12.1 Å². The molecule has 5 nitrogen and oxygen atoms in total. The van der Waals surface area contributed by atoms with Gasteiger partial charge in [0.15, 0.2) is 0 Å². The summed E-state index contributed by atoms with van der Waals surface area (Å²) in [5, 5.41) is 9.52. The summed E-state index contributed by atoms with van der Waals surface area (Å²) in [6.07, 6.45) is 1.51. The maximum atomic E-state index is 12.9. The van der Waals surface area contributed by atoms with Crippen molar-refractivity contribution in [1.82, 2.24) is 10.4 Å². The van der Waals surface area contributed by atoms with E-state index in [1.54, 1.807) is 24.7 Å². The van der Waals surface area contributed by atoms with E-state index in [2.05, 4.69) is 0 Å². The number of rotatable bonds is 5. The highest BCUT2D eigenvalue weighted by Crippen LogP contribution is 2.50. The number of nitrogens with zero attached hydrogens (tertiary/aromatic N) is 1. The van der Waals surface area contributed by atoms with Crippen molar-refractivity contribution in [3.05, 3.63) is 34.9 Å². The Morgan fingerprint density at radius 1 is 1.27 bits per heavy atom. The summed E-state index contributed by atoms with van der Waals surface area (Å²) in [4.78, 5) is 26.2. The van der Waals surface area contributed by atoms with Crippen LogP contribution in [0.2, 0.25) is 5.02 Å². The number of benzene rings is 1. The summed E-state index contributed by atoms with van der Waals surface area (Å²) in [7, 11) is 1.61. The van der Waals surface area contributed by atoms with E-state index in [0.29, 0.717) is 5.02 Å². The quantitative estimate of drug-likeness (QED) is 0.645. The van der Waals surface area contributed by atoms with Crippen LogP contribution >= 0.6 is 11.6 Å². The first-order valence-electron chi connectivity index (χ1n) is 7.31. The molecule has 0 radical (unpaired) electrons. The number of amides is 2. The molecular formula is C16H21ClN2O3. The van der Waals surface area contributed by atoms with E-state index in [0.717, 1.165) is 18.4 Å². The zero-order valence-electron chi connectivity index (χ0n) is 13.0. The fourth-order valence-electron chi connectivity index (χ4n) is 2.98. The Hall–Kier alpha value is -1.59. The molecule has 120 valence electrons. The lowest BCUT2D eigenvalue weighted by Crippen LogP contribution is -2.52. The summed E-state index contributed by atoms with van der Waals surface area (Å²) < 4.78 is 0. The molecule has 0 bridgehead atoms. The molecule has 1 saturated carbocycles. The summed E-state index contributed by atoms with van der Waals surface area (Å²) in [5.74, 6) is -0.781. The van der Waals surface area contributed by atoms with Gasteiger partial charge in [-0.1, -0.05) is 37.6 Å². The van der Waals surface area contributed by atoms with Gasteiger partial charge >= 0.3 is 0 Å². The minimum absolute atomic E-state index is 0.0999. The van der Waals surface area contributed by atoms with Crippen molar-refractivity contribution < 1.29 is 14.8 Å². The molecule has 1 aliphatic carbocycles. The monoisotopic (exact) mass is 324 g/mol. The van der Waals surface area contributed by atoms with Crippen molar-refractivity contribution in [2.75, 3.05) is 7.05 Å². The predicted octanol–water partition coefficient (Wildman–Crippen LogP) is 2.36. The van der Waals surface area contributed by atoms with Crippen molar-refractivity contribution in [2.24, 2.45) is 5.92 Å². The van der Waals surface area contributed by atoms with Gasteiger partial charge in [-0.05, 0) is 36.5 Å². The lowest BCUT2D eigenvalue weighted by Gasteiger charge is -2.32. The highest BCUT2D eigenvalue weighted by atomic mass is 35.5. The van der Waals surface area contributed by atoms with Crippen LogP contribution in [0, 0.1) is 5.92 Å². The van der Waals surface area contributed by atoms with Crippen LogP contribution in [0.4, 0.5) is 0 Å². The Balaban J connectivity index is 2.26. The molecule has 1 atom stereocenters. The van der Waals surface area contributed by atoms with Gasteiger partial charge in [-0.2, -0.15) is 0 Å². The molecule has 2 N–H and O–H groups in total. The van der Waals surface area contributed by atoms with Gasteiger partial charge in [-0.3, -0.25) is 14.8 Å². The van der Waals surface area contributed by atoms with Gasteiger partial charge in [-0.25, -0.2) is 5.48 Å². The summed E-state index contributed by atoms with van der Waals surface area (Å²) in [5.41, 5.74) is 2.00. The zero-order valence-corrected chi connectivity index (χ0v) is 13.7. The lowest BCUT2D eigenvalue weighted by atomic mass is 9.92. The van der Waals surface area contributed by atoms with Gasteiger partial charge in [0.2, 0.25) is 5.91 Å². The highest BCUT2D eigenvalue weighted by molar-refractivity contribution is 6.30. The van der Waals surface area contributed by atoms with Crippen LogP contribution in [0.25, 0.3) is 0 Å². The number of hydrogen-bond donors (Lipinski definition) is 2. The molecule has 0 aromatic heterocycles. The summed E-state index contributed by atoms with van der Waals surface area (Å²) in [6.45, 7) is 3.68. The normalized spacial score (nSPS) is 17.0. The molecule has 1 aromatic rings. The van der Waals surface area contributed by atoms with E-state index in [1.807, 2.05) is 26.0 Å². The molecule has 2 amide bonds. The number of carbonyl (C=O) groups excluding carboxylic acids is 2. The third-order valence-electron chi connectivity index (χ3n) is 4.30. The van der Waals surface area contributed by atoms with Crippen LogP contribution in [-0.2, 0) is 15.0 Å². The molecule has 0 spiro atoms. The standard InChI is InChI=1S/C16H21ClN2O3/c1-10(2)13(14(20)18-22)19(3)15(21)16(8-9-16)11-4-6-12(17)7-5-11/h4-7,10,13,22H,8-9H2,1-3H3,(H,18,20). The molecule has 6 heteroatoms. The average Bonchev–Trinajstić information content (AvgIpc) is 3.28. The van der Waals surface area contributed by atoms with Crippen molar-refractivity contribution in [2.45, 2.75) is 38.1 Å². The first-order chi connectivity index (χ1) is 10.3. The first-order valence-corrected chi connectivity index (χ1v) is 7.68. The fourth-order valence-corrected chi connectivity index (χ4v) is 3.10. The van der Waals surface area contributed by atoms with E-state index in [9.17, 15) is 9.59 Å². The van der Waals surface area contributed by atoms with E-state index in [1.165, 1.54) is 4.90 Å². The van der Waals surface area contributed by atoms with Crippen molar-refractivity contribution in [3.63, 3.8) is 0 Å². The molecule has 2 rings (SSSR count). The second kappa shape index (κ2) is 6.26. The van der Waals surface area contributed by atoms with Gasteiger partial charge in [0.25, 0.3) is 5.91 Å². The van der Waals surface area contributed by atoms with E-state index in [4.69, 9.17) is 16.8 Å². The van der Waals surface area contributed by atoms with Crippen LogP contribution in [0.15, 0.2) is 24.3 Å². The highest BCUT2D eigenvalue weighted by Gasteiger charge is 2.53. The number of hydroxylamine groups is 1. The summed E-state index contributed by atoms with van der Waals surface area (Å²) in [6, 6.07) is 6.55. The minimum atomic E-state index is -0.706. The molecule has 0 aliphatic heterocycles. The fraction of sp³-hybridized carbons (Fsp3) is 0.500. The number of likely N-dealkylation sites (N-methyl/N-ethyl adjacent to an activating group) is 1. The maximum absolute atomic E-state index is 12.9. The largest absolute Gasteiger partial charge is 0.333 e. The first kappa shape index (κ1) is 16.8. The minimum Gasteiger partial charge on any atom is -0.333 e. The van der Waals surface area contributed by atoms with E-state index in [-0.39, 0.29) is 11.8 Å². The number of hydrogen-bond acceptors (Lipinski definition) is 3. The van der Waals surface area contributed by atoms with Gasteiger partial charge in [0.1, 0.15) is 6.04 Å². The number of nitrogens with one attached hydrogen (secondary N) is 1. The van der Waals surface area contributed by atoms with Crippen LogP contribution < -0.4 is 5.48 Å². The molecule has 0 saturated heterocycles. The predicted molar refractivity (Wildman–Crippen MR) is 83.7 cm³/mol. The van der Waals surface area contributed by atoms with Crippen LogP contribution in [0.3, 0.4) is 0 Å². The van der Waals surface area contributed by atoms with Crippen molar-refractivity contribution in [3.8, 4) is 0 Å². The second-order valence-electron chi connectivity index (χ2n) is 6.17. The van der Waals surface area contributed by atoms with Crippen molar-refractivity contribution in [1.29, 1.82) is 0 Å². The molecule has 1 aliphatic rings. The number of carbonyl (C=O) groups is 2. The van der Waals surface area contributed by atoms with Crippen LogP contribution in [0.1, 0.15) is 32.3 Å². The molecule has 0 heterocycles.